The molecule has 0 bridgehead atoms. The van der Waals surface area contributed by atoms with E-state index >= 15 is 0 Å². The molecule has 0 radical (unpaired) electrons. The summed E-state index contributed by atoms with van der Waals surface area (Å²) in [6.07, 6.45) is 0.889. The minimum atomic E-state index is -3.12. The van der Waals surface area contributed by atoms with Crippen molar-refractivity contribution in [3.05, 3.63) is 0 Å². The smallest absolute Gasteiger partial charge is 0.211 e. The van der Waals surface area contributed by atoms with Gasteiger partial charge in [-0.05, 0) is 13.3 Å². The molecule has 7 nitrogen and oxygen atoms in total. The molecule has 0 saturated heterocycles. The van der Waals surface area contributed by atoms with Gasteiger partial charge in [0.2, 0.25) is 10.0 Å². The first-order valence-corrected chi connectivity index (χ1v) is 7.61. The maximum Gasteiger partial charge on any atom is 0.211 e. The Bertz CT molecular complexity index is 336. The molecule has 0 aliphatic carbocycles. The van der Waals surface area contributed by atoms with E-state index < -0.39 is 10.0 Å². The molecule has 116 valence electrons. The third-order valence-electron chi connectivity index (χ3n) is 2.16. The molecule has 0 aromatic carbocycles. The number of halogens is 1. The molecule has 0 atom stereocenters. The van der Waals surface area contributed by atoms with Gasteiger partial charge >= 0.3 is 0 Å². The molecular weight excluding hydrogens is 383 g/mol. The van der Waals surface area contributed by atoms with Crippen LogP contribution in [-0.2, 0) is 14.8 Å². The maximum absolute atomic E-state index is 11.2. The van der Waals surface area contributed by atoms with Crippen LogP contribution in [0.25, 0.3) is 0 Å². The summed E-state index contributed by atoms with van der Waals surface area (Å²) in [5.41, 5.74) is 0. The molecule has 0 saturated carbocycles. The highest BCUT2D eigenvalue weighted by atomic mass is 127. The van der Waals surface area contributed by atoms with Gasteiger partial charge in [0.1, 0.15) is 0 Å². The van der Waals surface area contributed by atoms with E-state index in [0.717, 1.165) is 13.0 Å². The molecule has 0 amide bonds. The number of ether oxygens (including phenoxy) is 1. The highest BCUT2D eigenvalue weighted by Gasteiger charge is 2.04. The Labute approximate surface area is 133 Å². The summed E-state index contributed by atoms with van der Waals surface area (Å²) in [5.74, 6) is 0.749. The van der Waals surface area contributed by atoms with Crippen molar-refractivity contribution in [1.29, 1.82) is 0 Å². The van der Waals surface area contributed by atoms with Gasteiger partial charge in [-0.25, -0.2) is 13.1 Å². The Morgan fingerprint density at radius 2 is 1.84 bits per heavy atom. The van der Waals surface area contributed by atoms with Crippen LogP contribution in [0.3, 0.4) is 0 Å². The van der Waals surface area contributed by atoms with Crippen molar-refractivity contribution < 1.29 is 13.2 Å². The lowest BCUT2D eigenvalue weighted by molar-refractivity contribution is 0.195. The van der Waals surface area contributed by atoms with Gasteiger partial charge in [0.05, 0.1) is 5.75 Å². The molecule has 9 heteroatoms. The number of guanidine groups is 1. The van der Waals surface area contributed by atoms with Crippen LogP contribution in [0.5, 0.6) is 0 Å². The Kier molecular flexibility index (Phi) is 14.4. The normalized spacial score (nSPS) is 11.8. The van der Waals surface area contributed by atoms with Crippen LogP contribution in [0, 0.1) is 0 Å². The Balaban J connectivity index is 0. The van der Waals surface area contributed by atoms with Crippen molar-refractivity contribution in [3.8, 4) is 0 Å². The number of nitrogens with zero attached hydrogens (tertiary/aromatic N) is 1. The largest absolute Gasteiger partial charge is 0.385 e. The minimum absolute atomic E-state index is 0. The second-order valence-electron chi connectivity index (χ2n) is 3.57. The second-order valence-corrected chi connectivity index (χ2v) is 5.67. The predicted octanol–water partition coefficient (Wildman–Crippen LogP) is -0.255. The zero-order chi connectivity index (χ0) is 13.9. The van der Waals surface area contributed by atoms with Crippen molar-refractivity contribution >= 4 is 40.0 Å². The van der Waals surface area contributed by atoms with E-state index in [1.165, 1.54) is 0 Å². The van der Waals surface area contributed by atoms with E-state index in [-0.39, 0.29) is 29.7 Å². The average Bonchev–Trinajstić information content (AvgIpc) is 2.37. The van der Waals surface area contributed by atoms with Gasteiger partial charge in [0.25, 0.3) is 0 Å². The molecule has 3 N–H and O–H groups in total. The Morgan fingerprint density at radius 1 is 1.21 bits per heavy atom. The molecular formula is C10H25IN4O3S. The maximum atomic E-state index is 11.2. The zero-order valence-electron chi connectivity index (χ0n) is 11.7. The first-order chi connectivity index (χ1) is 8.55. The molecule has 0 aliphatic rings. The summed E-state index contributed by atoms with van der Waals surface area (Å²) in [6, 6.07) is 0. The fourth-order valence-electron chi connectivity index (χ4n) is 1.13. The lowest BCUT2D eigenvalue weighted by atomic mass is 10.4. The lowest BCUT2D eigenvalue weighted by Gasteiger charge is -2.11. The first kappa shape index (κ1) is 21.2. The van der Waals surface area contributed by atoms with Crippen LogP contribution >= 0.6 is 24.0 Å². The third kappa shape index (κ3) is 12.6. The molecule has 0 heterocycles. The SMILES string of the molecule is CCS(=O)(=O)NCCNC(=NC)NCCCOC.I. The quantitative estimate of drug-likeness (QED) is 0.212. The van der Waals surface area contributed by atoms with Crippen molar-refractivity contribution in [2.45, 2.75) is 13.3 Å². The summed E-state index contributed by atoms with van der Waals surface area (Å²) < 4.78 is 29.7. The van der Waals surface area contributed by atoms with Crippen molar-refractivity contribution in [2.24, 2.45) is 4.99 Å². The number of sulfonamides is 1. The summed E-state index contributed by atoms with van der Waals surface area (Å²) in [7, 11) is 0.213. The molecule has 0 rings (SSSR count). The monoisotopic (exact) mass is 408 g/mol. The summed E-state index contributed by atoms with van der Waals surface area (Å²) in [4.78, 5) is 4.02. The van der Waals surface area contributed by atoms with Gasteiger partial charge in [-0.2, -0.15) is 0 Å². The minimum Gasteiger partial charge on any atom is -0.385 e. The van der Waals surface area contributed by atoms with Gasteiger partial charge in [-0.3, -0.25) is 4.99 Å². The predicted molar refractivity (Wildman–Crippen MR) is 88.7 cm³/mol. The Hall–Kier alpha value is -0.130. The molecule has 0 aliphatic heterocycles. The molecule has 0 unspecified atom stereocenters. The number of rotatable bonds is 9. The van der Waals surface area contributed by atoms with Gasteiger partial charge in [0, 0.05) is 40.4 Å². The van der Waals surface area contributed by atoms with Crippen LogP contribution in [0.4, 0.5) is 0 Å². The summed E-state index contributed by atoms with van der Waals surface area (Å²) >= 11 is 0. The van der Waals surface area contributed by atoms with E-state index in [1.54, 1.807) is 21.1 Å². The first-order valence-electron chi connectivity index (χ1n) is 5.96. The summed E-state index contributed by atoms with van der Waals surface area (Å²) in [5, 5.41) is 6.11. The van der Waals surface area contributed by atoms with Gasteiger partial charge < -0.3 is 15.4 Å². The van der Waals surface area contributed by atoms with Crippen LogP contribution in [0.1, 0.15) is 13.3 Å². The van der Waals surface area contributed by atoms with Crippen LogP contribution < -0.4 is 15.4 Å². The highest BCUT2D eigenvalue weighted by Crippen LogP contribution is 1.80. The number of hydrogen-bond acceptors (Lipinski definition) is 4. The zero-order valence-corrected chi connectivity index (χ0v) is 14.9. The number of nitrogens with one attached hydrogen (secondary N) is 3. The number of methoxy groups -OCH3 is 1. The van der Waals surface area contributed by atoms with E-state index in [0.29, 0.717) is 25.7 Å². The fourth-order valence-corrected chi connectivity index (χ4v) is 1.75. The van der Waals surface area contributed by atoms with Crippen LogP contribution in [0.15, 0.2) is 4.99 Å². The van der Waals surface area contributed by atoms with E-state index in [2.05, 4.69) is 20.3 Å². The van der Waals surface area contributed by atoms with E-state index in [9.17, 15) is 8.42 Å². The molecule has 0 fully saturated rings. The number of aliphatic imine (C=N–C) groups is 1. The van der Waals surface area contributed by atoms with Crippen molar-refractivity contribution in [3.63, 3.8) is 0 Å². The molecule has 19 heavy (non-hydrogen) atoms. The molecule has 0 aromatic heterocycles. The van der Waals surface area contributed by atoms with Crippen molar-refractivity contribution in [2.75, 3.05) is 46.2 Å². The molecule has 0 aromatic rings. The van der Waals surface area contributed by atoms with E-state index in [4.69, 9.17) is 4.74 Å². The van der Waals surface area contributed by atoms with Gasteiger partial charge in [-0.15, -0.1) is 24.0 Å². The Morgan fingerprint density at radius 3 is 2.37 bits per heavy atom. The summed E-state index contributed by atoms with van der Waals surface area (Å²) in [6.45, 7) is 3.89. The van der Waals surface area contributed by atoms with Gasteiger partial charge in [0.15, 0.2) is 5.96 Å². The number of hydrogen-bond donors (Lipinski definition) is 3. The van der Waals surface area contributed by atoms with Crippen molar-refractivity contribution in [1.82, 2.24) is 15.4 Å². The highest BCUT2D eigenvalue weighted by molar-refractivity contribution is 14.0. The standard InChI is InChI=1S/C10H24N4O3S.HI/c1-4-18(15,16)14-8-7-13-10(11-2)12-6-5-9-17-3;/h14H,4-9H2,1-3H3,(H2,11,12,13);1H. The molecule has 0 spiro atoms. The fraction of sp³-hybridized carbons (Fsp3) is 0.900. The van der Waals surface area contributed by atoms with Crippen LogP contribution in [-0.4, -0.2) is 60.5 Å². The second kappa shape index (κ2) is 12.9. The lowest BCUT2D eigenvalue weighted by Crippen LogP contribution is -2.42. The third-order valence-corrected chi connectivity index (χ3v) is 3.56. The topological polar surface area (TPSA) is 91.8 Å². The van der Waals surface area contributed by atoms with E-state index in [1.807, 2.05) is 0 Å². The van der Waals surface area contributed by atoms with Crippen LogP contribution in [0.2, 0.25) is 0 Å². The average molecular weight is 408 g/mol. The van der Waals surface area contributed by atoms with Gasteiger partial charge in [-0.1, -0.05) is 0 Å².